The van der Waals surface area contributed by atoms with Crippen molar-refractivity contribution in [3.05, 3.63) is 88.4 Å². The first-order valence-electron chi connectivity index (χ1n) is 16.4. The molecule has 1 aliphatic rings. The van der Waals surface area contributed by atoms with E-state index in [1.54, 1.807) is 32.5 Å². The SMILES string of the molecule is CC(C)(C)OC(=O)N1C[C@@H](NC(=O)C(F)(F)F)C[C@H]1C(=O)C[C@H](CC[C@H](Cc1ccccc1)NC(=O)OCc1cncs1)Cc1ccccc1. The van der Waals surface area contributed by atoms with Crippen LogP contribution >= 0.6 is 11.3 Å². The van der Waals surface area contributed by atoms with Gasteiger partial charge in [0.2, 0.25) is 0 Å². The Bertz CT molecular complexity index is 1550. The van der Waals surface area contributed by atoms with Crippen molar-refractivity contribution < 1.29 is 41.8 Å². The number of carbonyl (C=O) groups is 4. The van der Waals surface area contributed by atoms with Crippen molar-refractivity contribution in [2.75, 3.05) is 6.54 Å². The second kappa shape index (κ2) is 17.5. The number of alkyl carbamates (subject to hydrolysis) is 1. The Balaban J connectivity index is 1.51. The van der Waals surface area contributed by atoms with Crippen LogP contribution in [0, 0.1) is 5.92 Å². The van der Waals surface area contributed by atoms with Crippen LogP contribution in [0.2, 0.25) is 0 Å². The number of nitrogens with zero attached hydrogens (tertiary/aromatic N) is 2. The van der Waals surface area contributed by atoms with Crippen LogP contribution in [-0.4, -0.2) is 70.2 Å². The normalized spacial score (nSPS) is 17.4. The molecule has 2 N–H and O–H groups in total. The highest BCUT2D eigenvalue weighted by atomic mass is 32.1. The van der Waals surface area contributed by atoms with Crippen molar-refractivity contribution in [1.29, 1.82) is 0 Å². The number of thiazole rings is 1. The maximum Gasteiger partial charge on any atom is 0.471 e. The molecule has 10 nitrogen and oxygen atoms in total. The summed E-state index contributed by atoms with van der Waals surface area (Å²) in [5.74, 6) is -2.73. The van der Waals surface area contributed by atoms with Crippen LogP contribution in [0.4, 0.5) is 22.8 Å². The number of carbonyl (C=O) groups excluding carboxylic acids is 4. The molecule has 0 aliphatic carbocycles. The van der Waals surface area contributed by atoms with Gasteiger partial charge in [0.25, 0.3) is 0 Å². The fourth-order valence-electron chi connectivity index (χ4n) is 5.90. The summed E-state index contributed by atoms with van der Waals surface area (Å²) in [6, 6.07) is 16.7. The van der Waals surface area contributed by atoms with E-state index in [4.69, 9.17) is 9.47 Å². The monoisotopic (exact) mass is 716 g/mol. The highest BCUT2D eigenvalue weighted by Gasteiger charge is 2.46. The highest BCUT2D eigenvalue weighted by molar-refractivity contribution is 7.09. The summed E-state index contributed by atoms with van der Waals surface area (Å²) in [4.78, 5) is 57.6. The van der Waals surface area contributed by atoms with E-state index < -0.39 is 42.0 Å². The first-order valence-corrected chi connectivity index (χ1v) is 17.3. The van der Waals surface area contributed by atoms with Gasteiger partial charge in [-0.1, -0.05) is 60.7 Å². The lowest BCUT2D eigenvalue weighted by molar-refractivity contribution is -0.174. The zero-order valence-corrected chi connectivity index (χ0v) is 29.1. The third-order valence-corrected chi connectivity index (χ3v) is 8.90. The van der Waals surface area contributed by atoms with E-state index in [1.165, 1.54) is 11.3 Å². The summed E-state index contributed by atoms with van der Waals surface area (Å²) in [7, 11) is 0. The van der Waals surface area contributed by atoms with Gasteiger partial charge in [0.1, 0.15) is 12.2 Å². The summed E-state index contributed by atoms with van der Waals surface area (Å²) >= 11 is 1.37. The second-order valence-corrected chi connectivity index (χ2v) is 14.4. The van der Waals surface area contributed by atoms with Crippen molar-refractivity contribution in [2.45, 2.75) is 95.8 Å². The van der Waals surface area contributed by atoms with Gasteiger partial charge in [0.05, 0.1) is 16.4 Å². The molecule has 0 unspecified atom stereocenters. The molecule has 14 heteroatoms. The molecule has 3 aromatic rings. The van der Waals surface area contributed by atoms with Crippen LogP contribution in [0.1, 0.15) is 62.5 Å². The average molecular weight is 717 g/mol. The molecule has 0 saturated carbocycles. The van der Waals surface area contributed by atoms with E-state index >= 15 is 0 Å². The molecule has 4 rings (SSSR count). The van der Waals surface area contributed by atoms with Crippen LogP contribution in [0.3, 0.4) is 0 Å². The van der Waals surface area contributed by atoms with Gasteiger partial charge in [0.15, 0.2) is 5.78 Å². The van der Waals surface area contributed by atoms with Gasteiger partial charge in [-0.15, -0.1) is 11.3 Å². The Morgan fingerprint density at radius 2 is 1.60 bits per heavy atom. The van der Waals surface area contributed by atoms with Gasteiger partial charge in [0, 0.05) is 31.2 Å². The van der Waals surface area contributed by atoms with Crippen LogP contribution < -0.4 is 10.6 Å². The first kappa shape index (κ1) is 38.3. The molecule has 3 amide bonds. The molecule has 1 fully saturated rings. The number of hydrogen-bond donors (Lipinski definition) is 2. The molecule has 2 aromatic carbocycles. The highest BCUT2D eigenvalue weighted by Crippen LogP contribution is 2.28. The van der Waals surface area contributed by atoms with Crippen LogP contribution in [0.15, 0.2) is 72.4 Å². The molecule has 0 spiro atoms. The number of alkyl halides is 3. The molecular weight excluding hydrogens is 673 g/mol. The molecule has 2 heterocycles. The molecule has 1 aromatic heterocycles. The quantitative estimate of drug-likeness (QED) is 0.192. The van der Waals surface area contributed by atoms with Crippen molar-refractivity contribution >= 4 is 35.2 Å². The summed E-state index contributed by atoms with van der Waals surface area (Å²) in [6.45, 7) is 4.71. The average Bonchev–Trinajstić information content (AvgIpc) is 3.73. The lowest BCUT2D eigenvalue weighted by atomic mass is 9.86. The smallest absolute Gasteiger partial charge is 0.444 e. The predicted octanol–water partition coefficient (Wildman–Crippen LogP) is 6.64. The summed E-state index contributed by atoms with van der Waals surface area (Å²) in [5, 5.41) is 4.90. The first-order chi connectivity index (χ1) is 23.7. The third kappa shape index (κ3) is 12.5. The number of likely N-dealkylation sites (tertiary alicyclic amines) is 1. The van der Waals surface area contributed by atoms with E-state index in [-0.39, 0.29) is 43.7 Å². The number of rotatable bonds is 14. The van der Waals surface area contributed by atoms with E-state index in [0.717, 1.165) is 20.9 Å². The van der Waals surface area contributed by atoms with Gasteiger partial charge >= 0.3 is 24.3 Å². The molecule has 1 saturated heterocycles. The Morgan fingerprint density at radius 1 is 0.960 bits per heavy atom. The second-order valence-electron chi connectivity index (χ2n) is 13.4. The Kier molecular flexibility index (Phi) is 13.4. The summed E-state index contributed by atoms with van der Waals surface area (Å²) in [6.07, 6.45) is -3.08. The fraction of sp³-hybridized carbons (Fsp3) is 0.472. The van der Waals surface area contributed by atoms with Crippen LogP contribution in [0.5, 0.6) is 0 Å². The largest absolute Gasteiger partial charge is 0.471 e. The van der Waals surface area contributed by atoms with Gasteiger partial charge in [-0.2, -0.15) is 13.2 Å². The number of halogens is 3. The van der Waals surface area contributed by atoms with Gasteiger partial charge in [-0.3, -0.25) is 19.5 Å². The van der Waals surface area contributed by atoms with Gasteiger partial charge in [-0.05, 0) is 69.9 Å². The van der Waals surface area contributed by atoms with E-state index in [1.807, 2.05) is 66.0 Å². The maximum atomic E-state index is 14.0. The van der Waals surface area contributed by atoms with Crippen molar-refractivity contribution in [3.63, 3.8) is 0 Å². The number of amides is 3. The third-order valence-electron chi connectivity index (χ3n) is 8.15. The lowest BCUT2D eigenvalue weighted by Gasteiger charge is -2.29. The van der Waals surface area contributed by atoms with E-state index in [9.17, 15) is 32.3 Å². The summed E-state index contributed by atoms with van der Waals surface area (Å²) < 4.78 is 50.1. The zero-order chi connectivity index (χ0) is 36.3. The lowest BCUT2D eigenvalue weighted by Crippen LogP contribution is -2.46. The minimum atomic E-state index is -5.11. The molecule has 270 valence electrons. The summed E-state index contributed by atoms with van der Waals surface area (Å²) in [5.41, 5.74) is 2.71. The van der Waals surface area contributed by atoms with Crippen molar-refractivity contribution in [2.24, 2.45) is 5.92 Å². The van der Waals surface area contributed by atoms with Crippen molar-refractivity contribution in [1.82, 2.24) is 20.5 Å². The molecule has 1 aliphatic heterocycles. The van der Waals surface area contributed by atoms with Crippen LogP contribution in [-0.2, 0) is 38.5 Å². The predicted molar refractivity (Wildman–Crippen MR) is 181 cm³/mol. The number of hydrogen-bond acceptors (Lipinski definition) is 8. The number of nitrogens with one attached hydrogen (secondary N) is 2. The topological polar surface area (TPSA) is 127 Å². The van der Waals surface area contributed by atoms with Gasteiger partial charge in [-0.25, -0.2) is 9.59 Å². The molecule has 0 bridgehead atoms. The number of aromatic nitrogens is 1. The molecular formula is C36H43F3N4O6S. The number of ketones is 1. The number of Topliss-reactive ketones (excluding diaryl/α,β-unsaturated/α-hetero) is 1. The van der Waals surface area contributed by atoms with E-state index in [2.05, 4.69) is 10.3 Å². The molecule has 4 atom stereocenters. The minimum absolute atomic E-state index is 0.00662. The molecule has 50 heavy (non-hydrogen) atoms. The maximum absolute atomic E-state index is 14.0. The minimum Gasteiger partial charge on any atom is -0.444 e. The van der Waals surface area contributed by atoms with Crippen molar-refractivity contribution in [3.8, 4) is 0 Å². The number of ether oxygens (including phenoxy) is 2. The Hall–Kier alpha value is -4.46. The Morgan fingerprint density at radius 3 is 2.18 bits per heavy atom. The zero-order valence-electron chi connectivity index (χ0n) is 28.3. The Labute approximate surface area is 293 Å². The van der Waals surface area contributed by atoms with Gasteiger partial charge < -0.3 is 20.1 Å². The fourth-order valence-corrected chi connectivity index (χ4v) is 6.40. The number of benzene rings is 2. The van der Waals surface area contributed by atoms with Crippen LogP contribution in [0.25, 0.3) is 0 Å². The van der Waals surface area contributed by atoms with E-state index in [0.29, 0.717) is 25.7 Å². The molecule has 0 radical (unpaired) electrons. The standard InChI is InChI=1S/C36H43F3N4O6S/c1-35(2,3)49-34(47)43-21-28(41-32(45)36(37,38)39)19-30(43)31(44)18-26(16-24-10-6-4-7-11-24)14-15-27(17-25-12-8-5-9-13-25)42-33(46)48-22-29-20-40-23-50-29/h4-13,20,23,26-28,30H,14-19,21-22H2,1-3H3,(H,41,45)(H,42,46)/t26-,27-,28+,30+/m1/s1.